The average Bonchev–Trinajstić information content (AvgIpc) is 3.09. The highest BCUT2D eigenvalue weighted by Crippen LogP contribution is 2.34. The number of hydrogen-bond acceptors (Lipinski definition) is 2. The van der Waals surface area contributed by atoms with Crippen molar-refractivity contribution in [2.45, 2.75) is 48.9 Å². The van der Waals surface area contributed by atoms with Crippen molar-refractivity contribution in [3.05, 3.63) is 168 Å². The Bertz CT molecular complexity index is 1950. The number of benzene rings is 6. The van der Waals surface area contributed by atoms with Gasteiger partial charge in [0.05, 0.1) is 18.2 Å². The number of nitrogens with zero attached hydrogens (tertiary/aromatic N) is 2. The minimum atomic E-state index is -0.799. The van der Waals surface area contributed by atoms with Crippen molar-refractivity contribution in [1.29, 1.82) is 0 Å². The second-order valence-corrected chi connectivity index (χ2v) is 13.5. The van der Waals surface area contributed by atoms with Crippen LogP contribution in [0.5, 0.6) is 0 Å². The lowest BCUT2D eigenvalue weighted by molar-refractivity contribution is -0.0427. The summed E-state index contributed by atoms with van der Waals surface area (Å²) in [5.74, 6) is 0. The van der Waals surface area contributed by atoms with Crippen LogP contribution in [0, 0.1) is 0 Å². The zero-order valence-electron chi connectivity index (χ0n) is 25.6. The van der Waals surface area contributed by atoms with Gasteiger partial charge in [0, 0.05) is 17.9 Å². The third-order valence-corrected chi connectivity index (χ3v) is 10.1. The molecule has 1 aliphatic heterocycles. The van der Waals surface area contributed by atoms with E-state index in [1.807, 2.05) is 70.5 Å². The second-order valence-electron chi connectivity index (χ2n) is 12.3. The fraction of sp³-hybridized carbons (Fsp3) is 0.195. The van der Waals surface area contributed by atoms with E-state index in [9.17, 15) is 9.90 Å². The van der Waals surface area contributed by atoms with Gasteiger partial charge in [-0.05, 0) is 68.8 Å². The number of urea groups is 1. The lowest BCUT2D eigenvalue weighted by Gasteiger charge is -2.51. The molecule has 1 N–H and O–H groups in total. The van der Waals surface area contributed by atoms with E-state index in [0.29, 0.717) is 25.9 Å². The molecule has 5 heteroatoms. The van der Waals surface area contributed by atoms with E-state index in [0.717, 1.165) is 43.8 Å². The first-order valence-electron chi connectivity index (χ1n) is 16.0. The van der Waals surface area contributed by atoms with E-state index in [2.05, 4.69) is 101 Å². The Kier molecular flexibility index (Phi) is 8.87. The molecule has 46 heavy (non-hydrogen) atoms. The van der Waals surface area contributed by atoms with Crippen LogP contribution in [0.3, 0.4) is 0 Å². The molecule has 1 fully saturated rings. The van der Waals surface area contributed by atoms with Crippen molar-refractivity contribution < 1.29 is 9.90 Å². The molecule has 2 amide bonds. The molecule has 7 rings (SSSR count). The molecule has 0 radical (unpaired) electrons. The van der Waals surface area contributed by atoms with Crippen LogP contribution in [0.1, 0.15) is 22.3 Å². The van der Waals surface area contributed by atoms with Crippen molar-refractivity contribution in [1.82, 2.24) is 9.80 Å². The number of alkyl halides is 1. The maximum Gasteiger partial charge on any atom is 0.321 e. The van der Waals surface area contributed by atoms with Crippen LogP contribution in [0.25, 0.3) is 21.5 Å². The Morgan fingerprint density at radius 1 is 0.565 bits per heavy atom. The van der Waals surface area contributed by atoms with Crippen molar-refractivity contribution in [2.75, 3.05) is 0 Å². The molecule has 1 aliphatic rings. The average molecular weight is 670 g/mol. The summed E-state index contributed by atoms with van der Waals surface area (Å²) in [5.41, 5.74) is 4.34. The normalized spacial score (nSPS) is 19.1. The van der Waals surface area contributed by atoms with Gasteiger partial charge in [0.1, 0.15) is 0 Å². The molecular formula is C41H37BrN2O2. The molecule has 0 saturated carbocycles. The van der Waals surface area contributed by atoms with E-state index in [-0.39, 0.29) is 10.9 Å². The predicted molar refractivity (Wildman–Crippen MR) is 191 cm³/mol. The number of halogens is 1. The summed E-state index contributed by atoms with van der Waals surface area (Å²) in [6, 6.07) is 48.9. The van der Waals surface area contributed by atoms with Gasteiger partial charge in [-0.2, -0.15) is 0 Å². The fourth-order valence-corrected chi connectivity index (χ4v) is 7.88. The highest BCUT2D eigenvalue weighted by Gasteiger charge is 2.48. The zero-order valence-corrected chi connectivity index (χ0v) is 27.2. The monoisotopic (exact) mass is 668 g/mol. The number of carbonyl (C=O) groups is 1. The maximum absolute atomic E-state index is 14.9. The SMILES string of the molecule is O=C1N(Cc2ccc3ccccc3c2)[C@H]([C@@H](Br)Cc2ccccc2)[C@@H](O)[C@@H](Cc2ccccc2)N1Cc1ccc2ccccc2c1. The molecule has 0 unspecified atom stereocenters. The number of fused-ring (bicyclic) bond motifs is 2. The van der Waals surface area contributed by atoms with Crippen LogP contribution >= 0.6 is 15.9 Å². The van der Waals surface area contributed by atoms with E-state index >= 15 is 0 Å². The summed E-state index contributed by atoms with van der Waals surface area (Å²) in [5, 5.41) is 17.0. The third kappa shape index (κ3) is 6.44. The van der Waals surface area contributed by atoms with E-state index < -0.39 is 18.2 Å². The number of hydrogen-bond donors (Lipinski definition) is 1. The first kappa shape index (κ1) is 30.2. The number of rotatable bonds is 9. The summed E-state index contributed by atoms with van der Waals surface area (Å²) in [7, 11) is 0. The fourth-order valence-electron chi connectivity index (χ4n) is 6.91. The molecule has 230 valence electrons. The molecule has 6 aromatic rings. The lowest BCUT2D eigenvalue weighted by atomic mass is 9.87. The van der Waals surface area contributed by atoms with Gasteiger partial charge in [0.25, 0.3) is 0 Å². The van der Waals surface area contributed by atoms with E-state index in [1.54, 1.807) is 0 Å². The van der Waals surface area contributed by atoms with Gasteiger partial charge >= 0.3 is 6.03 Å². The first-order valence-corrected chi connectivity index (χ1v) is 16.9. The molecular weight excluding hydrogens is 632 g/mol. The van der Waals surface area contributed by atoms with Gasteiger partial charge in [-0.25, -0.2) is 4.79 Å². The van der Waals surface area contributed by atoms with Gasteiger partial charge < -0.3 is 14.9 Å². The molecule has 1 heterocycles. The minimum absolute atomic E-state index is 0.0601. The molecule has 4 nitrogen and oxygen atoms in total. The van der Waals surface area contributed by atoms with Gasteiger partial charge in [0.2, 0.25) is 0 Å². The van der Waals surface area contributed by atoms with Crippen LogP contribution in [0.4, 0.5) is 4.79 Å². The van der Waals surface area contributed by atoms with Crippen LogP contribution < -0.4 is 0 Å². The van der Waals surface area contributed by atoms with Crippen molar-refractivity contribution in [3.63, 3.8) is 0 Å². The van der Waals surface area contributed by atoms with E-state index in [1.165, 1.54) is 0 Å². The number of aliphatic hydroxyl groups is 1. The molecule has 0 bridgehead atoms. The Hall–Kier alpha value is -4.45. The smallest absolute Gasteiger partial charge is 0.321 e. The lowest BCUT2D eigenvalue weighted by Crippen LogP contribution is -2.68. The van der Waals surface area contributed by atoms with Gasteiger partial charge in [-0.1, -0.05) is 149 Å². The largest absolute Gasteiger partial charge is 0.389 e. The highest BCUT2D eigenvalue weighted by atomic mass is 79.9. The first-order chi connectivity index (χ1) is 22.5. The van der Waals surface area contributed by atoms with Gasteiger partial charge in [-0.15, -0.1) is 0 Å². The van der Waals surface area contributed by atoms with Crippen LogP contribution in [0.2, 0.25) is 0 Å². The van der Waals surface area contributed by atoms with Crippen molar-refractivity contribution in [2.24, 2.45) is 0 Å². The Balaban J connectivity index is 1.28. The summed E-state index contributed by atoms with van der Waals surface area (Å²) in [6.45, 7) is 0.805. The topological polar surface area (TPSA) is 43.8 Å². The predicted octanol–water partition coefficient (Wildman–Crippen LogP) is 8.78. The van der Waals surface area contributed by atoms with E-state index in [4.69, 9.17) is 0 Å². The summed E-state index contributed by atoms with van der Waals surface area (Å²) in [6.07, 6.45) is 0.450. The maximum atomic E-state index is 14.9. The summed E-state index contributed by atoms with van der Waals surface area (Å²) < 4.78 is 0. The van der Waals surface area contributed by atoms with Crippen LogP contribution in [-0.2, 0) is 25.9 Å². The number of amides is 2. The number of aliphatic hydroxyl groups excluding tert-OH is 1. The summed E-state index contributed by atoms with van der Waals surface area (Å²) in [4.78, 5) is 18.5. The minimum Gasteiger partial charge on any atom is -0.389 e. The summed E-state index contributed by atoms with van der Waals surface area (Å²) >= 11 is 3.99. The molecule has 0 spiro atoms. The third-order valence-electron chi connectivity index (χ3n) is 9.26. The molecule has 1 saturated heterocycles. The van der Waals surface area contributed by atoms with Gasteiger partial charge in [0.15, 0.2) is 0 Å². The molecule has 6 aromatic carbocycles. The Morgan fingerprint density at radius 3 is 1.61 bits per heavy atom. The zero-order chi connectivity index (χ0) is 31.5. The number of carbonyl (C=O) groups excluding carboxylic acids is 1. The quantitative estimate of drug-likeness (QED) is 0.157. The Labute approximate surface area is 279 Å². The van der Waals surface area contributed by atoms with Crippen molar-refractivity contribution in [3.8, 4) is 0 Å². The van der Waals surface area contributed by atoms with Crippen LogP contribution in [0.15, 0.2) is 146 Å². The van der Waals surface area contributed by atoms with Crippen LogP contribution in [-0.4, -0.2) is 44.0 Å². The second kappa shape index (κ2) is 13.5. The van der Waals surface area contributed by atoms with Crippen molar-refractivity contribution >= 4 is 43.5 Å². The standard InChI is InChI=1S/C41H37BrN2O2/c42-37(25-29-11-3-1-4-12-29)39-40(45)38(26-30-13-5-2-6-14-30)43(27-31-19-21-33-15-7-9-17-35(33)23-31)41(46)44(39)28-32-20-22-34-16-8-10-18-36(34)24-32/h1-24,37-40,45H,25-28H2/t37-,38+,39+,40-/m0/s1. The highest BCUT2D eigenvalue weighted by molar-refractivity contribution is 9.09. The van der Waals surface area contributed by atoms with Gasteiger partial charge in [-0.3, -0.25) is 0 Å². The Morgan fingerprint density at radius 2 is 1.04 bits per heavy atom. The molecule has 4 atom stereocenters. The molecule has 0 aliphatic carbocycles. The molecule has 0 aromatic heterocycles.